The second-order valence-corrected chi connectivity index (χ2v) is 4.93. The first kappa shape index (κ1) is 16.3. The molecule has 0 amide bonds. The zero-order valence-corrected chi connectivity index (χ0v) is 12.1. The Morgan fingerprint density at radius 1 is 1.10 bits per heavy atom. The number of carboxylic acids is 1. The van der Waals surface area contributed by atoms with Crippen molar-refractivity contribution in [1.82, 2.24) is 0 Å². The molecule has 0 fully saturated rings. The van der Waals surface area contributed by atoms with Crippen LogP contribution in [0.5, 0.6) is 11.5 Å². The summed E-state index contributed by atoms with van der Waals surface area (Å²) in [7, 11) is 0. The van der Waals surface area contributed by atoms with Crippen LogP contribution in [0.25, 0.3) is 0 Å². The Kier molecular flexibility index (Phi) is 7.55. The summed E-state index contributed by atoms with van der Waals surface area (Å²) in [5.41, 5.74) is -0.157. The van der Waals surface area contributed by atoms with Gasteiger partial charge in [-0.2, -0.15) is 0 Å². The molecule has 0 radical (unpaired) electrons. The van der Waals surface area contributed by atoms with Crippen LogP contribution in [0.3, 0.4) is 0 Å². The monoisotopic (exact) mass is 280 g/mol. The lowest BCUT2D eigenvalue weighted by Gasteiger charge is -2.10. The first-order valence-electron chi connectivity index (χ1n) is 7.35. The van der Waals surface area contributed by atoms with Crippen LogP contribution in [-0.2, 0) is 0 Å². The van der Waals surface area contributed by atoms with Gasteiger partial charge < -0.3 is 14.9 Å². The minimum atomic E-state index is -1.17. The predicted octanol–water partition coefficient (Wildman–Crippen LogP) is 4.22. The molecule has 0 aliphatic rings. The van der Waals surface area contributed by atoms with E-state index in [-0.39, 0.29) is 17.1 Å². The van der Waals surface area contributed by atoms with Crippen LogP contribution in [0.2, 0.25) is 0 Å². The quantitative estimate of drug-likeness (QED) is 0.630. The van der Waals surface area contributed by atoms with E-state index in [0.717, 1.165) is 12.8 Å². The highest BCUT2D eigenvalue weighted by Crippen LogP contribution is 2.27. The van der Waals surface area contributed by atoms with Gasteiger partial charge in [-0.3, -0.25) is 0 Å². The number of aromatic carboxylic acids is 1. The topological polar surface area (TPSA) is 66.8 Å². The van der Waals surface area contributed by atoms with E-state index >= 15 is 0 Å². The Hall–Kier alpha value is -1.71. The fraction of sp³-hybridized carbons (Fsp3) is 0.562. The summed E-state index contributed by atoms with van der Waals surface area (Å²) in [5.74, 6) is -1.18. The molecule has 1 aromatic carbocycles. The molecule has 0 atom stereocenters. The molecule has 112 valence electrons. The summed E-state index contributed by atoms with van der Waals surface area (Å²) in [6, 6.07) is 4.51. The number of unbranched alkanes of at least 4 members (excludes halogenated alkanes) is 6. The highest BCUT2D eigenvalue weighted by atomic mass is 16.5. The van der Waals surface area contributed by atoms with Crippen molar-refractivity contribution >= 4 is 5.97 Å². The first-order valence-corrected chi connectivity index (χ1v) is 7.35. The maximum atomic E-state index is 11.0. The molecule has 0 spiro atoms. The van der Waals surface area contributed by atoms with E-state index in [1.165, 1.54) is 38.2 Å². The normalized spacial score (nSPS) is 10.4. The maximum Gasteiger partial charge on any atom is 0.343 e. The van der Waals surface area contributed by atoms with Crippen molar-refractivity contribution < 1.29 is 19.7 Å². The van der Waals surface area contributed by atoms with E-state index in [0.29, 0.717) is 6.61 Å². The predicted molar refractivity (Wildman–Crippen MR) is 78.6 cm³/mol. The second kappa shape index (κ2) is 9.23. The Labute approximate surface area is 120 Å². The van der Waals surface area contributed by atoms with Gasteiger partial charge in [0.25, 0.3) is 0 Å². The highest BCUT2D eigenvalue weighted by Gasteiger charge is 2.15. The Morgan fingerprint density at radius 2 is 1.75 bits per heavy atom. The van der Waals surface area contributed by atoms with Gasteiger partial charge in [0.1, 0.15) is 17.1 Å². The number of carbonyl (C=O) groups is 1. The van der Waals surface area contributed by atoms with Crippen LogP contribution < -0.4 is 4.74 Å². The molecular formula is C16H24O4. The molecular weight excluding hydrogens is 256 g/mol. The molecule has 0 aliphatic heterocycles. The van der Waals surface area contributed by atoms with Gasteiger partial charge in [0.2, 0.25) is 0 Å². The summed E-state index contributed by atoms with van der Waals surface area (Å²) in [6.45, 7) is 2.68. The number of ether oxygens (including phenoxy) is 1. The fourth-order valence-electron chi connectivity index (χ4n) is 2.10. The molecule has 0 unspecified atom stereocenters. The molecule has 20 heavy (non-hydrogen) atoms. The van der Waals surface area contributed by atoms with Crippen molar-refractivity contribution in [3.8, 4) is 11.5 Å². The van der Waals surface area contributed by atoms with Gasteiger partial charge in [0.05, 0.1) is 6.61 Å². The molecule has 2 N–H and O–H groups in total. The Morgan fingerprint density at radius 3 is 2.40 bits per heavy atom. The summed E-state index contributed by atoms with van der Waals surface area (Å²) < 4.78 is 5.47. The zero-order chi connectivity index (χ0) is 14.8. The lowest BCUT2D eigenvalue weighted by Crippen LogP contribution is -2.04. The number of hydrogen-bond acceptors (Lipinski definition) is 3. The van der Waals surface area contributed by atoms with E-state index in [1.54, 1.807) is 12.1 Å². The van der Waals surface area contributed by atoms with Crippen molar-refractivity contribution in [2.24, 2.45) is 0 Å². The largest absolute Gasteiger partial charge is 0.507 e. The van der Waals surface area contributed by atoms with Gasteiger partial charge >= 0.3 is 5.97 Å². The van der Waals surface area contributed by atoms with Crippen LogP contribution in [0, 0.1) is 0 Å². The number of phenols is 1. The Balaban J connectivity index is 2.29. The lowest BCUT2D eigenvalue weighted by molar-refractivity contribution is 0.0688. The molecule has 4 nitrogen and oxygen atoms in total. The average molecular weight is 280 g/mol. The van der Waals surface area contributed by atoms with Gasteiger partial charge in [0.15, 0.2) is 0 Å². The second-order valence-electron chi connectivity index (χ2n) is 4.93. The molecule has 0 aliphatic carbocycles. The van der Waals surface area contributed by atoms with Gasteiger partial charge in [-0.05, 0) is 18.6 Å². The third kappa shape index (κ3) is 5.51. The minimum Gasteiger partial charge on any atom is -0.507 e. The maximum absolute atomic E-state index is 11.0. The zero-order valence-electron chi connectivity index (χ0n) is 12.1. The number of benzene rings is 1. The molecule has 0 bridgehead atoms. The smallest absolute Gasteiger partial charge is 0.343 e. The molecule has 1 aromatic rings. The van der Waals surface area contributed by atoms with Crippen LogP contribution in [0.15, 0.2) is 18.2 Å². The number of rotatable bonds is 10. The van der Waals surface area contributed by atoms with E-state index in [2.05, 4.69) is 6.92 Å². The number of aromatic hydroxyl groups is 1. The van der Waals surface area contributed by atoms with E-state index in [1.807, 2.05) is 0 Å². The van der Waals surface area contributed by atoms with Crippen LogP contribution in [0.1, 0.15) is 62.2 Å². The molecule has 0 aromatic heterocycles. The van der Waals surface area contributed by atoms with Crippen LogP contribution in [-0.4, -0.2) is 22.8 Å². The molecule has 0 heterocycles. The fourth-order valence-corrected chi connectivity index (χ4v) is 2.10. The molecule has 0 saturated carbocycles. The first-order chi connectivity index (χ1) is 9.66. The SMILES string of the molecule is CCCCCCCCCOc1cccc(O)c1C(=O)O. The van der Waals surface area contributed by atoms with Gasteiger partial charge in [-0.25, -0.2) is 4.79 Å². The van der Waals surface area contributed by atoms with E-state index < -0.39 is 5.97 Å². The average Bonchev–Trinajstić information content (AvgIpc) is 2.41. The van der Waals surface area contributed by atoms with Gasteiger partial charge in [-0.1, -0.05) is 51.5 Å². The molecule has 0 saturated heterocycles. The summed E-state index contributed by atoms with van der Waals surface area (Å²) in [4.78, 5) is 11.0. The summed E-state index contributed by atoms with van der Waals surface area (Å²) in [6.07, 6.45) is 8.26. The number of carboxylic acid groups (broad SMARTS) is 1. The van der Waals surface area contributed by atoms with Crippen LogP contribution in [0.4, 0.5) is 0 Å². The standard InChI is InChI=1S/C16H24O4/c1-2-3-4-5-6-7-8-12-20-14-11-9-10-13(17)15(14)16(18)19/h9-11,17H,2-8,12H2,1H3,(H,18,19). The molecule has 4 heteroatoms. The highest BCUT2D eigenvalue weighted by molar-refractivity contribution is 5.93. The lowest BCUT2D eigenvalue weighted by atomic mass is 10.1. The van der Waals surface area contributed by atoms with Crippen molar-refractivity contribution in [3.63, 3.8) is 0 Å². The third-order valence-electron chi connectivity index (χ3n) is 3.22. The van der Waals surface area contributed by atoms with E-state index in [9.17, 15) is 9.90 Å². The van der Waals surface area contributed by atoms with Crippen molar-refractivity contribution in [3.05, 3.63) is 23.8 Å². The van der Waals surface area contributed by atoms with Gasteiger partial charge in [0, 0.05) is 0 Å². The third-order valence-corrected chi connectivity index (χ3v) is 3.22. The van der Waals surface area contributed by atoms with Crippen molar-refractivity contribution in [2.75, 3.05) is 6.61 Å². The van der Waals surface area contributed by atoms with Crippen molar-refractivity contribution in [1.29, 1.82) is 0 Å². The van der Waals surface area contributed by atoms with Gasteiger partial charge in [-0.15, -0.1) is 0 Å². The van der Waals surface area contributed by atoms with E-state index in [4.69, 9.17) is 9.84 Å². The number of hydrogen-bond donors (Lipinski definition) is 2. The molecule has 1 rings (SSSR count). The Bertz CT molecular complexity index is 415. The van der Waals surface area contributed by atoms with Crippen molar-refractivity contribution in [2.45, 2.75) is 51.9 Å². The summed E-state index contributed by atoms with van der Waals surface area (Å²) >= 11 is 0. The minimum absolute atomic E-state index is 0.157. The summed E-state index contributed by atoms with van der Waals surface area (Å²) in [5, 5.41) is 18.6. The van der Waals surface area contributed by atoms with Crippen LogP contribution >= 0.6 is 0 Å².